The van der Waals surface area contributed by atoms with Crippen LogP contribution >= 0.6 is 15.9 Å². The minimum atomic E-state index is -0.256. The molecule has 0 aliphatic rings. The van der Waals surface area contributed by atoms with E-state index in [9.17, 15) is 4.79 Å². The van der Waals surface area contributed by atoms with Crippen LogP contribution in [0.1, 0.15) is 34.7 Å². The molecule has 24 heavy (non-hydrogen) atoms. The number of carbonyl (C=O) groups excluding carboxylic acids is 1. The van der Waals surface area contributed by atoms with Crippen LogP contribution in [0.15, 0.2) is 34.8 Å². The van der Waals surface area contributed by atoms with E-state index in [-0.39, 0.29) is 12.4 Å². The van der Waals surface area contributed by atoms with Gasteiger partial charge in [0.1, 0.15) is 12.4 Å². The molecule has 0 saturated heterocycles. The van der Waals surface area contributed by atoms with Gasteiger partial charge in [-0.05, 0) is 54.7 Å². The van der Waals surface area contributed by atoms with Crippen molar-refractivity contribution in [2.75, 3.05) is 7.11 Å². The number of ether oxygens (including phenoxy) is 2. The molecule has 0 unspecified atom stereocenters. The molecule has 0 bridgehead atoms. The van der Waals surface area contributed by atoms with Crippen molar-refractivity contribution >= 4 is 21.9 Å². The van der Waals surface area contributed by atoms with E-state index in [2.05, 4.69) is 48.8 Å². The lowest BCUT2D eigenvalue weighted by atomic mass is 10.0. The van der Waals surface area contributed by atoms with E-state index in [0.29, 0.717) is 6.61 Å². The zero-order chi connectivity index (χ0) is 17.7. The van der Waals surface area contributed by atoms with Gasteiger partial charge in [0.15, 0.2) is 0 Å². The van der Waals surface area contributed by atoms with Gasteiger partial charge in [-0.2, -0.15) is 0 Å². The van der Waals surface area contributed by atoms with E-state index >= 15 is 0 Å². The molecule has 0 spiro atoms. The number of aryl methyl sites for hydroxylation is 3. The number of rotatable bonds is 6. The Morgan fingerprint density at radius 3 is 2.54 bits per heavy atom. The fourth-order valence-corrected chi connectivity index (χ4v) is 3.22. The Kier molecular flexibility index (Phi) is 6.44. The van der Waals surface area contributed by atoms with E-state index in [0.717, 1.165) is 33.3 Å². The van der Waals surface area contributed by atoms with Crippen molar-refractivity contribution in [3.8, 4) is 5.75 Å². The number of benzene rings is 2. The summed E-state index contributed by atoms with van der Waals surface area (Å²) in [5.41, 5.74) is 5.58. The highest BCUT2D eigenvalue weighted by molar-refractivity contribution is 9.10. The van der Waals surface area contributed by atoms with Crippen molar-refractivity contribution < 1.29 is 14.3 Å². The Labute approximate surface area is 152 Å². The van der Waals surface area contributed by atoms with Crippen LogP contribution in [0, 0.1) is 13.8 Å². The molecule has 2 rings (SSSR count). The molecular formula is C20H23BrO3. The summed E-state index contributed by atoms with van der Waals surface area (Å²) in [7, 11) is 1.40. The second-order valence-electron chi connectivity index (χ2n) is 5.82. The first-order valence-corrected chi connectivity index (χ1v) is 8.81. The summed E-state index contributed by atoms with van der Waals surface area (Å²) in [5, 5.41) is 0. The molecular weight excluding hydrogens is 368 g/mol. The fraction of sp³-hybridized carbons (Fsp3) is 0.350. The van der Waals surface area contributed by atoms with Crippen LogP contribution in [-0.4, -0.2) is 13.1 Å². The molecule has 2 aromatic rings. The first-order valence-electron chi connectivity index (χ1n) is 8.02. The number of halogens is 1. The predicted octanol–water partition coefficient (Wildman–Crippen LogP) is 4.92. The number of carbonyl (C=O) groups is 1. The molecule has 0 aliphatic carbocycles. The van der Waals surface area contributed by atoms with Gasteiger partial charge in [0.25, 0.3) is 0 Å². The topological polar surface area (TPSA) is 35.5 Å². The van der Waals surface area contributed by atoms with Gasteiger partial charge < -0.3 is 9.47 Å². The summed E-state index contributed by atoms with van der Waals surface area (Å²) < 4.78 is 11.8. The monoisotopic (exact) mass is 390 g/mol. The normalized spacial score (nSPS) is 10.5. The van der Waals surface area contributed by atoms with Gasteiger partial charge in [-0.1, -0.05) is 41.1 Å². The molecule has 0 aliphatic heterocycles. The molecule has 0 radical (unpaired) electrons. The van der Waals surface area contributed by atoms with Gasteiger partial charge in [-0.15, -0.1) is 0 Å². The summed E-state index contributed by atoms with van der Waals surface area (Å²) in [4.78, 5) is 11.6. The standard InChI is InChI=1S/C20H23BrO3/c1-5-15-9-14(3)19(10-13(15)2)24-12-17-16(11-20(22)23-4)7-6-8-18(17)21/h6-10H,5,11-12H2,1-4H3. The summed E-state index contributed by atoms with van der Waals surface area (Å²) >= 11 is 3.56. The third-order valence-electron chi connectivity index (χ3n) is 4.16. The van der Waals surface area contributed by atoms with Crippen LogP contribution in [0.3, 0.4) is 0 Å². The van der Waals surface area contributed by atoms with Gasteiger partial charge in [-0.25, -0.2) is 0 Å². The summed E-state index contributed by atoms with van der Waals surface area (Å²) in [6, 6.07) is 10.1. The van der Waals surface area contributed by atoms with E-state index < -0.39 is 0 Å². The fourth-order valence-electron chi connectivity index (χ4n) is 2.69. The number of methoxy groups -OCH3 is 1. The SMILES string of the molecule is CCc1cc(C)c(OCc2c(Br)cccc2CC(=O)OC)cc1C. The van der Waals surface area contributed by atoms with Gasteiger partial charge in [0.2, 0.25) is 0 Å². The first kappa shape index (κ1) is 18.5. The molecule has 4 heteroatoms. The van der Waals surface area contributed by atoms with Crippen molar-refractivity contribution in [3.63, 3.8) is 0 Å². The van der Waals surface area contributed by atoms with Crippen LogP contribution in [0.4, 0.5) is 0 Å². The first-order chi connectivity index (χ1) is 11.5. The van der Waals surface area contributed by atoms with Gasteiger partial charge in [-0.3, -0.25) is 4.79 Å². The second kappa shape index (κ2) is 8.34. The summed E-state index contributed by atoms with van der Waals surface area (Å²) in [5.74, 6) is 0.623. The van der Waals surface area contributed by atoms with Crippen LogP contribution < -0.4 is 4.74 Å². The molecule has 0 amide bonds. The quantitative estimate of drug-likeness (QED) is 0.656. The lowest BCUT2D eigenvalue weighted by Crippen LogP contribution is -2.09. The summed E-state index contributed by atoms with van der Waals surface area (Å²) in [6.07, 6.45) is 1.25. The maximum Gasteiger partial charge on any atom is 0.309 e. The number of hydrogen-bond donors (Lipinski definition) is 0. The smallest absolute Gasteiger partial charge is 0.309 e. The van der Waals surface area contributed by atoms with Crippen molar-refractivity contribution in [2.45, 2.75) is 40.2 Å². The third kappa shape index (κ3) is 4.38. The largest absolute Gasteiger partial charge is 0.489 e. The van der Waals surface area contributed by atoms with Gasteiger partial charge in [0, 0.05) is 10.0 Å². The predicted molar refractivity (Wildman–Crippen MR) is 99.5 cm³/mol. The minimum absolute atomic E-state index is 0.238. The van der Waals surface area contributed by atoms with Crippen LogP contribution in [0.5, 0.6) is 5.75 Å². The van der Waals surface area contributed by atoms with E-state index in [1.165, 1.54) is 18.2 Å². The lowest BCUT2D eigenvalue weighted by molar-refractivity contribution is -0.139. The van der Waals surface area contributed by atoms with E-state index in [1.807, 2.05) is 18.2 Å². The second-order valence-corrected chi connectivity index (χ2v) is 6.67. The Hall–Kier alpha value is -1.81. The van der Waals surface area contributed by atoms with Crippen molar-refractivity contribution in [1.82, 2.24) is 0 Å². The van der Waals surface area contributed by atoms with Crippen molar-refractivity contribution in [3.05, 3.63) is 62.6 Å². The van der Waals surface area contributed by atoms with Crippen molar-refractivity contribution in [2.24, 2.45) is 0 Å². The Morgan fingerprint density at radius 2 is 1.88 bits per heavy atom. The molecule has 128 valence electrons. The minimum Gasteiger partial charge on any atom is -0.489 e. The van der Waals surface area contributed by atoms with Crippen LogP contribution in [0.2, 0.25) is 0 Å². The van der Waals surface area contributed by atoms with Crippen LogP contribution in [-0.2, 0) is 29.0 Å². The third-order valence-corrected chi connectivity index (χ3v) is 4.91. The average molecular weight is 391 g/mol. The Bertz CT molecular complexity index is 738. The van der Waals surface area contributed by atoms with E-state index in [1.54, 1.807) is 0 Å². The highest BCUT2D eigenvalue weighted by atomic mass is 79.9. The van der Waals surface area contributed by atoms with Crippen molar-refractivity contribution in [1.29, 1.82) is 0 Å². The maximum absolute atomic E-state index is 11.6. The summed E-state index contributed by atoms with van der Waals surface area (Å²) in [6.45, 7) is 6.72. The lowest BCUT2D eigenvalue weighted by Gasteiger charge is -2.15. The molecule has 2 aromatic carbocycles. The highest BCUT2D eigenvalue weighted by Crippen LogP contribution is 2.27. The zero-order valence-electron chi connectivity index (χ0n) is 14.6. The number of hydrogen-bond acceptors (Lipinski definition) is 3. The van der Waals surface area contributed by atoms with E-state index in [4.69, 9.17) is 9.47 Å². The molecule has 0 heterocycles. The molecule has 0 N–H and O–H groups in total. The molecule has 0 aromatic heterocycles. The molecule has 3 nitrogen and oxygen atoms in total. The maximum atomic E-state index is 11.6. The highest BCUT2D eigenvalue weighted by Gasteiger charge is 2.13. The van der Waals surface area contributed by atoms with Crippen LogP contribution in [0.25, 0.3) is 0 Å². The van der Waals surface area contributed by atoms with Gasteiger partial charge in [0.05, 0.1) is 13.5 Å². The zero-order valence-corrected chi connectivity index (χ0v) is 16.2. The molecule has 0 saturated carbocycles. The molecule has 0 fully saturated rings. The molecule has 0 atom stereocenters. The van der Waals surface area contributed by atoms with Gasteiger partial charge >= 0.3 is 5.97 Å². The Balaban J connectivity index is 2.23. The number of esters is 1. The Morgan fingerprint density at radius 1 is 1.12 bits per heavy atom. The average Bonchev–Trinajstić information content (AvgIpc) is 2.56.